The van der Waals surface area contributed by atoms with Crippen LogP contribution in [0.3, 0.4) is 0 Å². The predicted octanol–water partition coefficient (Wildman–Crippen LogP) is 3.57. The van der Waals surface area contributed by atoms with Crippen LogP contribution in [0.1, 0.15) is 32.3 Å². The van der Waals surface area contributed by atoms with Gasteiger partial charge < -0.3 is 10.1 Å². The fraction of sp³-hybridized carbons (Fsp3) is 0.538. The van der Waals surface area contributed by atoms with Crippen molar-refractivity contribution in [1.82, 2.24) is 5.32 Å². The molecule has 0 aromatic heterocycles. The van der Waals surface area contributed by atoms with Crippen LogP contribution < -0.4 is 10.1 Å². The van der Waals surface area contributed by atoms with E-state index in [4.69, 9.17) is 0 Å². The van der Waals surface area contributed by atoms with Gasteiger partial charge in [0.2, 0.25) is 0 Å². The Morgan fingerprint density at radius 2 is 1.71 bits per heavy atom. The minimum atomic E-state index is -2.76. The maximum atomic E-state index is 11.9. The van der Waals surface area contributed by atoms with Crippen molar-refractivity contribution in [2.75, 3.05) is 0 Å². The maximum Gasteiger partial charge on any atom is 0.387 e. The third kappa shape index (κ3) is 5.13. The van der Waals surface area contributed by atoms with Gasteiger partial charge in [-0.3, -0.25) is 0 Å². The summed E-state index contributed by atoms with van der Waals surface area (Å²) in [7, 11) is 0. The molecule has 0 amide bonds. The number of nitrogens with one attached hydrogen (secondary N) is 1. The van der Waals surface area contributed by atoms with Crippen LogP contribution in [-0.4, -0.2) is 12.7 Å². The molecule has 0 aliphatic carbocycles. The molecule has 96 valence electrons. The lowest BCUT2D eigenvalue weighted by atomic mass is 10.1. The highest BCUT2D eigenvalue weighted by Gasteiger charge is 2.05. The second-order valence-electron chi connectivity index (χ2n) is 3.92. The summed E-state index contributed by atoms with van der Waals surface area (Å²) in [6, 6.07) is 7.23. The van der Waals surface area contributed by atoms with Gasteiger partial charge in [0, 0.05) is 12.6 Å². The maximum absolute atomic E-state index is 11.9. The van der Waals surface area contributed by atoms with Crippen molar-refractivity contribution in [2.45, 2.75) is 45.9 Å². The summed E-state index contributed by atoms with van der Waals surface area (Å²) in [5.41, 5.74) is 1.07. The lowest BCUT2D eigenvalue weighted by molar-refractivity contribution is -0.0498. The fourth-order valence-corrected chi connectivity index (χ4v) is 1.63. The molecule has 17 heavy (non-hydrogen) atoms. The number of hydrogen-bond donors (Lipinski definition) is 1. The molecule has 4 heteroatoms. The molecular weight excluding hydrogens is 224 g/mol. The average Bonchev–Trinajstić information content (AvgIpc) is 2.32. The van der Waals surface area contributed by atoms with E-state index in [0.29, 0.717) is 6.04 Å². The largest absolute Gasteiger partial charge is 0.435 e. The van der Waals surface area contributed by atoms with Gasteiger partial charge in [0.1, 0.15) is 5.75 Å². The van der Waals surface area contributed by atoms with E-state index >= 15 is 0 Å². The number of ether oxygens (including phenoxy) is 1. The standard InChI is InChI=1S/C13H19F2NO/c1-3-11(4-2)16-9-10-5-7-12(8-6-10)17-13(14)15/h5-8,11,13,16H,3-4,9H2,1-2H3. The first-order valence-corrected chi connectivity index (χ1v) is 5.92. The molecule has 0 aliphatic heterocycles. The Labute approximate surface area is 101 Å². The molecule has 1 N–H and O–H groups in total. The van der Waals surface area contributed by atoms with Gasteiger partial charge in [0.15, 0.2) is 0 Å². The smallest absolute Gasteiger partial charge is 0.387 e. The summed E-state index contributed by atoms with van der Waals surface area (Å²) in [6.07, 6.45) is 2.17. The molecule has 0 bridgehead atoms. The molecular formula is C13H19F2NO. The lowest BCUT2D eigenvalue weighted by Crippen LogP contribution is -2.26. The van der Waals surface area contributed by atoms with Crippen LogP contribution in [-0.2, 0) is 6.54 Å². The predicted molar refractivity (Wildman–Crippen MR) is 64.3 cm³/mol. The molecule has 0 fully saturated rings. The highest BCUT2D eigenvalue weighted by Crippen LogP contribution is 2.15. The molecule has 0 atom stereocenters. The van der Waals surface area contributed by atoms with E-state index < -0.39 is 6.61 Å². The second-order valence-corrected chi connectivity index (χ2v) is 3.92. The summed E-state index contributed by atoms with van der Waals surface area (Å²) in [6.45, 7) is 2.27. The summed E-state index contributed by atoms with van der Waals surface area (Å²) in [4.78, 5) is 0. The number of alkyl halides is 2. The Morgan fingerprint density at radius 3 is 2.18 bits per heavy atom. The quantitative estimate of drug-likeness (QED) is 0.790. The van der Waals surface area contributed by atoms with Crippen LogP contribution in [0.15, 0.2) is 24.3 Å². The Bertz CT molecular complexity index is 310. The van der Waals surface area contributed by atoms with E-state index in [1.807, 2.05) is 0 Å². The Hall–Kier alpha value is -1.16. The van der Waals surface area contributed by atoms with Crippen molar-refractivity contribution in [3.8, 4) is 5.75 Å². The van der Waals surface area contributed by atoms with Gasteiger partial charge in [-0.15, -0.1) is 0 Å². The minimum absolute atomic E-state index is 0.200. The van der Waals surface area contributed by atoms with Gasteiger partial charge >= 0.3 is 6.61 Å². The summed E-state index contributed by atoms with van der Waals surface area (Å²) < 4.78 is 28.1. The number of hydrogen-bond acceptors (Lipinski definition) is 2. The molecule has 1 aromatic rings. The summed E-state index contributed by atoms with van der Waals surface area (Å²) >= 11 is 0. The van der Waals surface area contributed by atoms with Gasteiger partial charge in [-0.2, -0.15) is 8.78 Å². The van der Waals surface area contributed by atoms with Crippen LogP contribution in [0, 0.1) is 0 Å². The zero-order valence-corrected chi connectivity index (χ0v) is 10.2. The van der Waals surface area contributed by atoms with Crippen LogP contribution in [0.4, 0.5) is 8.78 Å². The van der Waals surface area contributed by atoms with Gasteiger partial charge in [-0.1, -0.05) is 26.0 Å². The lowest BCUT2D eigenvalue weighted by Gasteiger charge is -2.14. The van der Waals surface area contributed by atoms with Crippen LogP contribution in [0.5, 0.6) is 5.75 Å². The van der Waals surface area contributed by atoms with Gasteiger partial charge in [0.25, 0.3) is 0 Å². The SMILES string of the molecule is CCC(CC)NCc1ccc(OC(F)F)cc1. The van der Waals surface area contributed by atoms with E-state index in [2.05, 4.69) is 23.9 Å². The molecule has 0 saturated heterocycles. The average molecular weight is 243 g/mol. The molecule has 0 saturated carbocycles. The first kappa shape index (κ1) is 13.9. The van der Waals surface area contributed by atoms with Crippen molar-refractivity contribution in [3.05, 3.63) is 29.8 Å². The Balaban J connectivity index is 2.45. The van der Waals surface area contributed by atoms with E-state index in [0.717, 1.165) is 24.9 Å². The van der Waals surface area contributed by atoms with Crippen LogP contribution in [0.2, 0.25) is 0 Å². The Morgan fingerprint density at radius 1 is 1.12 bits per heavy atom. The number of halogens is 2. The molecule has 0 aliphatic rings. The highest BCUT2D eigenvalue weighted by molar-refractivity contribution is 5.27. The molecule has 0 heterocycles. The topological polar surface area (TPSA) is 21.3 Å². The number of benzene rings is 1. The monoisotopic (exact) mass is 243 g/mol. The zero-order valence-electron chi connectivity index (χ0n) is 10.2. The van der Waals surface area contributed by atoms with Crippen LogP contribution in [0.25, 0.3) is 0 Å². The second kappa shape index (κ2) is 7.22. The molecule has 0 spiro atoms. The van der Waals surface area contributed by atoms with Gasteiger partial charge in [-0.05, 0) is 30.5 Å². The molecule has 1 rings (SSSR count). The normalized spacial score (nSPS) is 11.2. The number of rotatable bonds is 7. The van der Waals surface area contributed by atoms with Crippen molar-refractivity contribution in [1.29, 1.82) is 0 Å². The van der Waals surface area contributed by atoms with Gasteiger partial charge in [-0.25, -0.2) is 0 Å². The van der Waals surface area contributed by atoms with Crippen molar-refractivity contribution in [3.63, 3.8) is 0 Å². The van der Waals surface area contributed by atoms with E-state index in [1.54, 1.807) is 24.3 Å². The Kier molecular flexibility index (Phi) is 5.91. The first-order chi connectivity index (χ1) is 8.15. The van der Waals surface area contributed by atoms with E-state index in [9.17, 15) is 8.78 Å². The summed E-state index contributed by atoms with van der Waals surface area (Å²) in [5.74, 6) is 0.200. The van der Waals surface area contributed by atoms with E-state index in [-0.39, 0.29) is 5.75 Å². The molecule has 2 nitrogen and oxygen atoms in total. The first-order valence-electron chi connectivity index (χ1n) is 5.92. The molecule has 1 aromatic carbocycles. The third-order valence-corrected chi connectivity index (χ3v) is 2.73. The third-order valence-electron chi connectivity index (χ3n) is 2.73. The summed E-state index contributed by atoms with van der Waals surface area (Å²) in [5, 5.41) is 3.41. The highest BCUT2D eigenvalue weighted by atomic mass is 19.3. The minimum Gasteiger partial charge on any atom is -0.435 e. The van der Waals surface area contributed by atoms with Gasteiger partial charge in [0.05, 0.1) is 0 Å². The van der Waals surface area contributed by atoms with Crippen molar-refractivity contribution < 1.29 is 13.5 Å². The fourth-order valence-electron chi connectivity index (χ4n) is 1.63. The van der Waals surface area contributed by atoms with Crippen molar-refractivity contribution >= 4 is 0 Å². The molecule has 0 radical (unpaired) electrons. The van der Waals surface area contributed by atoms with Crippen LogP contribution >= 0.6 is 0 Å². The zero-order chi connectivity index (χ0) is 12.7. The van der Waals surface area contributed by atoms with Crippen molar-refractivity contribution in [2.24, 2.45) is 0 Å². The molecule has 0 unspecified atom stereocenters. The van der Waals surface area contributed by atoms with E-state index in [1.165, 1.54) is 0 Å².